The second-order valence-electron chi connectivity index (χ2n) is 5.41. The summed E-state index contributed by atoms with van der Waals surface area (Å²) in [6.45, 7) is 0. The van der Waals surface area contributed by atoms with Gasteiger partial charge in [-0.1, -0.05) is 83.7 Å². The van der Waals surface area contributed by atoms with Gasteiger partial charge in [0.15, 0.2) is 0 Å². The van der Waals surface area contributed by atoms with E-state index < -0.39 is 0 Å². The van der Waals surface area contributed by atoms with Gasteiger partial charge >= 0.3 is 0 Å². The number of carbonyl (C=O) groups excluding carboxylic acids is 1. The van der Waals surface area contributed by atoms with Crippen LogP contribution in [0.4, 0.5) is 5.69 Å². The average molecular weight is 409 g/mol. The molecule has 0 radical (unpaired) electrons. The smallest absolute Gasteiger partial charge is 0.224 e. The normalized spacial score (nSPS) is 10.7. The molecule has 0 heterocycles. The zero-order chi connectivity index (χ0) is 16.2. The molecule has 1 aromatic rings. The Balaban J connectivity index is 2.09. The lowest BCUT2D eigenvalue weighted by Gasteiger charge is -2.09. The lowest BCUT2D eigenvalue weighted by Crippen LogP contribution is -2.11. The van der Waals surface area contributed by atoms with Crippen molar-refractivity contribution in [1.82, 2.24) is 0 Å². The van der Waals surface area contributed by atoms with E-state index in [-0.39, 0.29) is 5.91 Å². The molecule has 124 valence electrons. The van der Waals surface area contributed by atoms with Gasteiger partial charge in [-0.2, -0.15) is 0 Å². The number of alkyl halides is 1. The molecule has 1 aromatic carbocycles. The fourth-order valence-electron chi connectivity index (χ4n) is 2.26. The number of para-hydroxylation sites is 1. The first kappa shape index (κ1) is 19.8. The van der Waals surface area contributed by atoms with Gasteiger partial charge in [-0.15, -0.1) is 0 Å². The van der Waals surface area contributed by atoms with Crippen LogP contribution in [0.5, 0.6) is 0 Å². The van der Waals surface area contributed by atoms with Crippen LogP contribution in [0, 0.1) is 0 Å². The summed E-state index contributed by atoms with van der Waals surface area (Å²) in [5, 5.41) is 4.86. The Morgan fingerprint density at radius 1 is 0.909 bits per heavy atom. The van der Waals surface area contributed by atoms with Crippen LogP contribution in [-0.4, -0.2) is 11.2 Å². The number of halogens is 3. The van der Waals surface area contributed by atoms with Gasteiger partial charge < -0.3 is 5.32 Å². The minimum atomic E-state index is -0.0210. The number of hydrogen-bond donors (Lipinski definition) is 1. The van der Waals surface area contributed by atoms with E-state index in [1.54, 1.807) is 18.2 Å². The Morgan fingerprint density at radius 2 is 1.41 bits per heavy atom. The Bertz CT molecular complexity index is 434. The van der Waals surface area contributed by atoms with Gasteiger partial charge in [0.25, 0.3) is 0 Å². The minimum absolute atomic E-state index is 0.0210. The van der Waals surface area contributed by atoms with Crippen molar-refractivity contribution in [2.24, 2.45) is 0 Å². The maximum absolute atomic E-state index is 11.9. The van der Waals surface area contributed by atoms with Crippen LogP contribution in [0.3, 0.4) is 0 Å². The predicted molar refractivity (Wildman–Crippen MR) is 100 cm³/mol. The summed E-state index contributed by atoms with van der Waals surface area (Å²) in [6, 6.07) is 5.20. The van der Waals surface area contributed by atoms with Crippen LogP contribution in [0.2, 0.25) is 10.0 Å². The lowest BCUT2D eigenvalue weighted by molar-refractivity contribution is -0.116. The highest BCUT2D eigenvalue weighted by molar-refractivity contribution is 9.09. The molecule has 0 unspecified atom stereocenters. The molecule has 0 fully saturated rings. The molecule has 0 atom stereocenters. The molecule has 0 aliphatic heterocycles. The largest absolute Gasteiger partial charge is 0.324 e. The summed E-state index contributed by atoms with van der Waals surface area (Å²) in [7, 11) is 0. The zero-order valence-electron chi connectivity index (χ0n) is 12.8. The minimum Gasteiger partial charge on any atom is -0.324 e. The third-order valence-corrected chi connectivity index (χ3v) is 4.71. The van der Waals surface area contributed by atoms with Crippen molar-refractivity contribution in [3.63, 3.8) is 0 Å². The quantitative estimate of drug-likeness (QED) is 0.315. The van der Waals surface area contributed by atoms with Crippen molar-refractivity contribution in [3.05, 3.63) is 28.2 Å². The van der Waals surface area contributed by atoms with Gasteiger partial charge in [0.1, 0.15) is 0 Å². The first-order chi connectivity index (χ1) is 10.6. The van der Waals surface area contributed by atoms with Crippen LogP contribution in [0.1, 0.15) is 57.8 Å². The highest BCUT2D eigenvalue weighted by Crippen LogP contribution is 2.29. The summed E-state index contributed by atoms with van der Waals surface area (Å²) in [6.07, 6.45) is 10.2. The SMILES string of the molecule is O=C(CCCCCCCCCCBr)Nc1c(Cl)cccc1Cl. The molecule has 5 heteroatoms. The lowest BCUT2D eigenvalue weighted by atomic mass is 10.1. The van der Waals surface area contributed by atoms with Crippen molar-refractivity contribution < 1.29 is 4.79 Å². The molecule has 1 rings (SSSR count). The monoisotopic (exact) mass is 407 g/mol. The fourth-order valence-corrected chi connectivity index (χ4v) is 3.15. The molecule has 1 amide bonds. The molecule has 0 saturated heterocycles. The first-order valence-corrected chi connectivity index (χ1v) is 9.82. The molecule has 0 saturated carbocycles. The van der Waals surface area contributed by atoms with Crippen LogP contribution < -0.4 is 5.32 Å². The van der Waals surface area contributed by atoms with E-state index in [9.17, 15) is 4.79 Å². The van der Waals surface area contributed by atoms with Gasteiger partial charge in [0, 0.05) is 11.8 Å². The second-order valence-corrected chi connectivity index (χ2v) is 7.02. The Kier molecular flexibility index (Phi) is 11.0. The highest BCUT2D eigenvalue weighted by atomic mass is 79.9. The third-order valence-electron chi connectivity index (χ3n) is 3.51. The summed E-state index contributed by atoms with van der Waals surface area (Å²) in [4.78, 5) is 11.9. The predicted octanol–water partition coefficient (Wildman–Crippen LogP) is 6.84. The van der Waals surface area contributed by atoms with Gasteiger partial charge in [-0.3, -0.25) is 4.79 Å². The van der Waals surface area contributed by atoms with Crippen LogP contribution in [0.25, 0.3) is 0 Å². The molecule has 0 aromatic heterocycles. The summed E-state index contributed by atoms with van der Waals surface area (Å²) >= 11 is 15.5. The fraction of sp³-hybridized carbons (Fsp3) is 0.588. The van der Waals surface area contributed by atoms with Gasteiger partial charge in [-0.25, -0.2) is 0 Å². The second kappa shape index (κ2) is 12.2. The van der Waals surface area contributed by atoms with Gasteiger partial charge in [0.05, 0.1) is 15.7 Å². The highest BCUT2D eigenvalue weighted by Gasteiger charge is 2.09. The van der Waals surface area contributed by atoms with E-state index in [2.05, 4.69) is 21.2 Å². The summed E-state index contributed by atoms with van der Waals surface area (Å²) in [5.74, 6) is -0.0210. The molecule has 22 heavy (non-hydrogen) atoms. The Hall–Kier alpha value is -0.250. The van der Waals surface area contributed by atoms with Crippen molar-refractivity contribution >= 4 is 50.7 Å². The van der Waals surface area contributed by atoms with E-state index in [1.165, 1.54) is 38.5 Å². The van der Waals surface area contributed by atoms with Crippen molar-refractivity contribution in [3.8, 4) is 0 Å². The zero-order valence-corrected chi connectivity index (χ0v) is 15.9. The number of hydrogen-bond acceptors (Lipinski definition) is 1. The molecule has 2 nitrogen and oxygen atoms in total. The van der Waals surface area contributed by atoms with E-state index in [0.29, 0.717) is 22.2 Å². The standard InChI is InChI=1S/C17H24BrCl2NO/c18-13-8-6-4-2-1-3-5-7-12-16(22)21-17-14(19)10-9-11-15(17)20/h9-11H,1-8,12-13H2,(H,21,22). The number of rotatable bonds is 11. The Labute approximate surface area is 152 Å². The summed E-state index contributed by atoms with van der Waals surface area (Å²) < 4.78 is 0. The van der Waals surface area contributed by atoms with E-state index in [4.69, 9.17) is 23.2 Å². The van der Waals surface area contributed by atoms with Gasteiger partial charge in [0.2, 0.25) is 5.91 Å². The Morgan fingerprint density at radius 3 is 1.95 bits per heavy atom. The average Bonchev–Trinajstić information content (AvgIpc) is 2.49. The maximum atomic E-state index is 11.9. The number of anilines is 1. The van der Waals surface area contributed by atoms with Crippen LogP contribution in [0.15, 0.2) is 18.2 Å². The molecular weight excluding hydrogens is 385 g/mol. The van der Waals surface area contributed by atoms with Crippen LogP contribution in [-0.2, 0) is 4.79 Å². The molecule has 0 aliphatic carbocycles. The molecule has 0 bridgehead atoms. The topological polar surface area (TPSA) is 29.1 Å². The van der Waals surface area contributed by atoms with E-state index in [0.717, 1.165) is 18.2 Å². The maximum Gasteiger partial charge on any atom is 0.224 e. The third kappa shape index (κ3) is 8.40. The number of nitrogens with one attached hydrogen (secondary N) is 1. The van der Waals surface area contributed by atoms with E-state index in [1.807, 2.05) is 0 Å². The molecule has 0 aliphatic rings. The number of benzene rings is 1. The summed E-state index contributed by atoms with van der Waals surface area (Å²) in [5.41, 5.74) is 0.516. The van der Waals surface area contributed by atoms with Crippen molar-refractivity contribution in [1.29, 1.82) is 0 Å². The van der Waals surface area contributed by atoms with Gasteiger partial charge in [-0.05, 0) is 25.0 Å². The first-order valence-electron chi connectivity index (χ1n) is 7.95. The molecular formula is C17H24BrCl2NO. The van der Waals surface area contributed by atoms with E-state index >= 15 is 0 Å². The van der Waals surface area contributed by atoms with Crippen LogP contribution >= 0.6 is 39.1 Å². The van der Waals surface area contributed by atoms with Crippen molar-refractivity contribution in [2.45, 2.75) is 57.8 Å². The number of carbonyl (C=O) groups is 1. The molecule has 0 spiro atoms. The number of unbranched alkanes of at least 4 members (excludes halogenated alkanes) is 7. The molecule has 1 N–H and O–H groups in total. The van der Waals surface area contributed by atoms with Crippen molar-refractivity contribution in [2.75, 3.05) is 10.6 Å². The number of amides is 1.